The van der Waals surface area contributed by atoms with Crippen LogP contribution in [0.4, 0.5) is 0 Å². The first-order chi connectivity index (χ1) is 8.77. The van der Waals surface area contributed by atoms with E-state index >= 15 is 0 Å². The van der Waals surface area contributed by atoms with Crippen LogP contribution in [-0.2, 0) is 4.79 Å². The highest BCUT2D eigenvalue weighted by molar-refractivity contribution is 5.84. The Labute approximate surface area is 106 Å². The van der Waals surface area contributed by atoms with E-state index in [1.807, 2.05) is 17.2 Å². The molecule has 2 heterocycles. The number of rotatable bonds is 1. The number of hydrogen-bond acceptors (Lipinski definition) is 1. The van der Waals surface area contributed by atoms with Gasteiger partial charge in [-0.15, -0.1) is 0 Å². The summed E-state index contributed by atoms with van der Waals surface area (Å²) in [5, 5.41) is 1.19. The van der Waals surface area contributed by atoms with Gasteiger partial charge in [0, 0.05) is 30.6 Å². The van der Waals surface area contributed by atoms with E-state index in [9.17, 15) is 4.79 Å². The minimum atomic E-state index is 0.0655. The second-order valence-corrected chi connectivity index (χ2v) is 4.66. The molecule has 3 heteroatoms. The number of carbonyl (C=O) groups excluding carboxylic acids is 1. The number of carbonyl (C=O) groups is 1. The number of amides is 1. The van der Waals surface area contributed by atoms with E-state index in [2.05, 4.69) is 35.3 Å². The molecule has 0 aliphatic carbocycles. The minimum Gasteiger partial charge on any atom is -0.361 e. The molecule has 3 rings (SSSR count). The lowest BCUT2D eigenvalue weighted by Crippen LogP contribution is -2.34. The predicted molar refractivity (Wildman–Crippen MR) is 72.2 cm³/mol. The molecule has 1 aromatic heterocycles. The molecule has 1 aromatic carbocycles. The molecule has 0 bridgehead atoms. The van der Waals surface area contributed by atoms with Crippen LogP contribution >= 0.6 is 0 Å². The van der Waals surface area contributed by atoms with Gasteiger partial charge in [-0.05, 0) is 24.1 Å². The van der Waals surface area contributed by atoms with Gasteiger partial charge in [-0.25, -0.2) is 0 Å². The number of nitrogens with zero attached hydrogens (tertiary/aromatic N) is 1. The van der Waals surface area contributed by atoms with Crippen LogP contribution in [0.25, 0.3) is 10.9 Å². The van der Waals surface area contributed by atoms with Gasteiger partial charge in [-0.1, -0.05) is 24.3 Å². The van der Waals surface area contributed by atoms with Crippen LogP contribution in [0.1, 0.15) is 24.9 Å². The Morgan fingerprint density at radius 1 is 1.39 bits per heavy atom. The van der Waals surface area contributed by atoms with Gasteiger partial charge in [-0.2, -0.15) is 0 Å². The Balaban J connectivity index is 2.12. The number of nitrogens with one attached hydrogen (secondary N) is 1. The van der Waals surface area contributed by atoms with E-state index in [-0.39, 0.29) is 11.9 Å². The highest BCUT2D eigenvalue weighted by Crippen LogP contribution is 2.31. The average Bonchev–Trinajstić information content (AvgIpc) is 2.86. The summed E-state index contributed by atoms with van der Waals surface area (Å²) >= 11 is 0. The lowest BCUT2D eigenvalue weighted by atomic mass is 9.98. The lowest BCUT2D eigenvalue weighted by molar-refractivity contribution is -0.130. The Morgan fingerprint density at radius 3 is 3.11 bits per heavy atom. The van der Waals surface area contributed by atoms with Crippen molar-refractivity contribution in [2.75, 3.05) is 6.54 Å². The van der Waals surface area contributed by atoms with E-state index in [4.69, 9.17) is 0 Å². The van der Waals surface area contributed by atoms with Gasteiger partial charge in [0.1, 0.15) is 0 Å². The van der Waals surface area contributed by atoms with Gasteiger partial charge < -0.3 is 9.88 Å². The van der Waals surface area contributed by atoms with Gasteiger partial charge in [0.25, 0.3) is 0 Å². The second-order valence-electron chi connectivity index (χ2n) is 4.66. The monoisotopic (exact) mass is 240 g/mol. The third-order valence-corrected chi connectivity index (χ3v) is 3.54. The molecule has 1 atom stereocenters. The Kier molecular flexibility index (Phi) is 2.67. The molecule has 3 nitrogen and oxygen atoms in total. The van der Waals surface area contributed by atoms with E-state index < -0.39 is 0 Å². The van der Waals surface area contributed by atoms with Gasteiger partial charge in [0.05, 0.1) is 6.04 Å². The lowest BCUT2D eigenvalue weighted by Gasteiger charge is -2.32. The van der Waals surface area contributed by atoms with Gasteiger partial charge in [0.15, 0.2) is 0 Å². The molecule has 1 N–H and O–H groups in total. The maximum absolute atomic E-state index is 11.7. The van der Waals surface area contributed by atoms with Crippen molar-refractivity contribution in [3.05, 3.63) is 48.2 Å². The first-order valence-electron chi connectivity index (χ1n) is 6.27. The maximum Gasteiger partial charge on any atom is 0.220 e. The van der Waals surface area contributed by atoms with Crippen LogP contribution in [-0.4, -0.2) is 22.3 Å². The van der Waals surface area contributed by atoms with Crippen LogP contribution in [0, 0.1) is 0 Å². The summed E-state index contributed by atoms with van der Waals surface area (Å²) in [6, 6.07) is 8.34. The van der Waals surface area contributed by atoms with Crippen molar-refractivity contribution in [2.45, 2.75) is 19.4 Å². The standard InChI is InChI=1S/C15H16N2O/c1-11(18)17-10-3-2-7-15(17)13-5-4-6-14-12(13)8-9-16-14/h2,4-9,15-16H,3,10H2,1H3. The zero-order valence-corrected chi connectivity index (χ0v) is 10.4. The van der Waals surface area contributed by atoms with Gasteiger partial charge >= 0.3 is 0 Å². The molecule has 2 aromatic rings. The molecule has 0 saturated carbocycles. The summed E-state index contributed by atoms with van der Waals surface area (Å²) in [6.45, 7) is 2.45. The molecular weight excluding hydrogens is 224 g/mol. The first kappa shape index (κ1) is 11.1. The van der Waals surface area contributed by atoms with Crippen molar-refractivity contribution in [3.63, 3.8) is 0 Å². The van der Waals surface area contributed by atoms with Gasteiger partial charge in [-0.3, -0.25) is 4.79 Å². The Bertz CT molecular complexity index is 612. The number of aromatic nitrogens is 1. The average molecular weight is 240 g/mol. The zero-order chi connectivity index (χ0) is 12.5. The third kappa shape index (κ3) is 1.72. The number of aromatic amines is 1. The van der Waals surface area contributed by atoms with Crippen LogP contribution in [0.15, 0.2) is 42.6 Å². The van der Waals surface area contributed by atoms with Crippen LogP contribution < -0.4 is 0 Å². The minimum absolute atomic E-state index is 0.0655. The SMILES string of the molecule is CC(=O)N1CCC=CC1c1cccc2[nH]ccc12. The molecule has 0 radical (unpaired) electrons. The van der Waals surface area contributed by atoms with Crippen molar-refractivity contribution in [1.29, 1.82) is 0 Å². The van der Waals surface area contributed by atoms with E-state index in [1.54, 1.807) is 6.92 Å². The summed E-state index contributed by atoms with van der Waals surface area (Å²) in [7, 11) is 0. The summed E-state index contributed by atoms with van der Waals surface area (Å²) in [6.07, 6.45) is 7.18. The van der Waals surface area contributed by atoms with E-state index in [0.29, 0.717) is 0 Å². The Hall–Kier alpha value is -2.03. The molecule has 1 amide bonds. The number of hydrogen-bond donors (Lipinski definition) is 1. The summed E-state index contributed by atoms with van der Waals surface area (Å²) in [5.74, 6) is 0.136. The molecule has 1 aliphatic rings. The summed E-state index contributed by atoms with van der Waals surface area (Å²) < 4.78 is 0. The summed E-state index contributed by atoms with van der Waals surface area (Å²) in [4.78, 5) is 16.9. The predicted octanol–water partition coefficient (Wildman–Crippen LogP) is 3.02. The maximum atomic E-state index is 11.7. The molecule has 0 saturated heterocycles. The topological polar surface area (TPSA) is 36.1 Å². The normalized spacial score (nSPS) is 19.4. The Morgan fingerprint density at radius 2 is 2.28 bits per heavy atom. The van der Waals surface area contributed by atoms with E-state index in [0.717, 1.165) is 18.5 Å². The molecule has 0 fully saturated rings. The third-order valence-electron chi connectivity index (χ3n) is 3.54. The van der Waals surface area contributed by atoms with Crippen molar-refractivity contribution in [1.82, 2.24) is 9.88 Å². The molecule has 0 spiro atoms. The smallest absolute Gasteiger partial charge is 0.220 e. The van der Waals surface area contributed by atoms with Crippen molar-refractivity contribution >= 4 is 16.8 Å². The summed E-state index contributed by atoms with van der Waals surface area (Å²) in [5.41, 5.74) is 2.31. The number of benzene rings is 1. The molecular formula is C15H16N2O. The highest BCUT2D eigenvalue weighted by atomic mass is 16.2. The second kappa shape index (κ2) is 4.33. The largest absolute Gasteiger partial charge is 0.361 e. The van der Waals surface area contributed by atoms with Crippen LogP contribution in [0.5, 0.6) is 0 Å². The fourth-order valence-electron chi connectivity index (χ4n) is 2.67. The zero-order valence-electron chi connectivity index (χ0n) is 10.4. The van der Waals surface area contributed by atoms with Crippen molar-refractivity contribution in [3.8, 4) is 0 Å². The molecule has 18 heavy (non-hydrogen) atoms. The quantitative estimate of drug-likeness (QED) is 0.764. The van der Waals surface area contributed by atoms with Crippen molar-refractivity contribution < 1.29 is 4.79 Å². The first-order valence-corrected chi connectivity index (χ1v) is 6.27. The van der Waals surface area contributed by atoms with E-state index in [1.165, 1.54) is 10.9 Å². The van der Waals surface area contributed by atoms with Crippen LogP contribution in [0.2, 0.25) is 0 Å². The van der Waals surface area contributed by atoms with Crippen molar-refractivity contribution in [2.24, 2.45) is 0 Å². The van der Waals surface area contributed by atoms with Crippen LogP contribution in [0.3, 0.4) is 0 Å². The fourth-order valence-corrected chi connectivity index (χ4v) is 2.67. The number of fused-ring (bicyclic) bond motifs is 1. The molecule has 92 valence electrons. The molecule has 1 aliphatic heterocycles. The van der Waals surface area contributed by atoms with Gasteiger partial charge in [0.2, 0.25) is 5.91 Å². The molecule has 1 unspecified atom stereocenters. The number of H-pyrrole nitrogens is 1. The highest BCUT2D eigenvalue weighted by Gasteiger charge is 2.23. The fraction of sp³-hybridized carbons (Fsp3) is 0.267.